The summed E-state index contributed by atoms with van der Waals surface area (Å²) in [5, 5.41) is 3.38. The van der Waals surface area contributed by atoms with Crippen molar-refractivity contribution in [2.45, 2.75) is 25.3 Å². The monoisotopic (exact) mass is 243 g/mol. The van der Waals surface area contributed by atoms with Crippen molar-refractivity contribution in [2.75, 3.05) is 5.32 Å². The van der Waals surface area contributed by atoms with E-state index in [9.17, 15) is 4.39 Å². The standard InChI is InChI=1S/C14H14FN3/c1-9-6-14(17-8-16-9)18-13-7-12(13)10-2-4-11(15)5-3-10/h2-6,8,12-13H,7H2,1H3,(H,16,17,18)/t12-,13+/m0/s1. The highest BCUT2D eigenvalue weighted by atomic mass is 19.1. The molecular formula is C14H14FN3. The van der Waals surface area contributed by atoms with Gasteiger partial charge in [0.2, 0.25) is 0 Å². The molecule has 1 aliphatic rings. The Kier molecular flexibility index (Phi) is 2.70. The van der Waals surface area contributed by atoms with Crippen LogP contribution in [0.1, 0.15) is 23.6 Å². The fourth-order valence-electron chi connectivity index (χ4n) is 2.16. The van der Waals surface area contributed by atoms with Crippen molar-refractivity contribution in [1.82, 2.24) is 9.97 Å². The molecule has 1 aromatic heterocycles. The zero-order chi connectivity index (χ0) is 12.5. The Labute approximate surface area is 105 Å². The molecule has 1 saturated carbocycles. The number of aryl methyl sites for hydroxylation is 1. The summed E-state index contributed by atoms with van der Waals surface area (Å²) >= 11 is 0. The third-order valence-corrected chi connectivity index (χ3v) is 3.23. The number of benzene rings is 1. The summed E-state index contributed by atoms with van der Waals surface area (Å²) < 4.78 is 12.8. The molecule has 2 aromatic rings. The number of hydrogen-bond acceptors (Lipinski definition) is 3. The normalized spacial score (nSPS) is 21.7. The van der Waals surface area contributed by atoms with Gasteiger partial charge in [-0.3, -0.25) is 0 Å². The lowest BCUT2D eigenvalue weighted by Crippen LogP contribution is -2.06. The van der Waals surface area contributed by atoms with E-state index in [1.807, 2.05) is 25.1 Å². The van der Waals surface area contributed by atoms with Crippen molar-refractivity contribution in [3.05, 3.63) is 53.7 Å². The van der Waals surface area contributed by atoms with Crippen molar-refractivity contribution in [3.8, 4) is 0 Å². The second-order valence-corrected chi connectivity index (χ2v) is 4.69. The fraction of sp³-hybridized carbons (Fsp3) is 0.286. The maximum Gasteiger partial charge on any atom is 0.129 e. The fourth-order valence-corrected chi connectivity index (χ4v) is 2.16. The predicted octanol–water partition coefficient (Wildman–Crippen LogP) is 2.89. The summed E-state index contributed by atoms with van der Waals surface area (Å²) in [6.45, 7) is 1.94. The lowest BCUT2D eigenvalue weighted by molar-refractivity contribution is 0.627. The van der Waals surface area contributed by atoms with E-state index in [1.165, 1.54) is 17.7 Å². The van der Waals surface area contributed by atoms with E-state index in [0.717, 1.165) is 17.9 Å². The molecule has 0 unspecified atom stereocenters. The van der Waals surface area contributed by atoms with E-state index in [0.29, 0.717) is 12.0 Å². The topological polar surface area (TPSA) is 37.8 Å². The van der Waals surface area contributed by atoms with Crippen molar-refractivity contribution < 1.29 is 4.39 Å². The maximum absolute atomic E-state index is 12.8. The Bertz CT molecular complexity index is 553. The van der Waals surface area contributed by atoms with Crippen LogP contribution in [-0.2, 0) is 0 Å². The minimum absolute atomic E-state index is 0.185. The number of nitrogens with one attached hydrogen (secondary N) is 1. The molecule has 4 heteroatoms. The number of hydrogen-bond donors (Lipinski definition) is 1. The van der Waals surface area contributed by atoms with Crippen molar-refractivity contribution in [3.63, 3.8) is 0 Å². The molecule has 1 heterocycles. The van der Waals surface area contributed by atoms with Gasteiger partial charge in [-0.2, -0.15) is 0 Å². The highest BCUT2D eigenvalue weighted by Crippen LogP contribution is 2.42. The van der Waals surface area contributed by atoms with Crippen molar-refractivity contribution in [1.29, 1.82) is 0 Å². The molecule has 2 atom stereocenters. The van der Waals surface area contributed by atoms with Gasteiger partial charge in [0.15, 0.2) is 0 Å². The summed E-state index contributed by atoms with van der Waals surface area (Å²) in [4.78, 5) is 8.24. The van der Waals surface area contributed by atoms with Crippen LogP contribution >= 0.6 is 0 Å². The largest absolute Gasteiger partial charge is 0.367 e. The molecule has 3 nitrogen and oxygen atoms in total. The number of halogens is 1. The molecule has 3 rings (SSSR count). The molecule has 0 aliphatic heterocycles. The number of rotatable bonds is 3. The van der Waals surface area contributed by atoms with E-state index in [4.69, 9.17) is 0 Å². The minimum Gasteiger partial charge on any atom is -0.367 e. The van der Waals surface area contributed by atoms with E-state index in [2.05, 4.69) is 15.3 Å². The third kappa shape index (κ3) is 2.32. The average molecular weight is 243 g/mol. The van der Waals surface area contributed by atoms with Gasteiger partial charge < -0.3 is 5.32 Å². The smallest absolute Gasteiger partial charge is 0.129 e. The molecule has 1 fully saturated rings. The van der Waals surface area contributed by atoms with Gasteiger partial charge in [-0.15, -0.1) is 0 Å². The minimum atomic E-state index is -0.185. The molecule has 1 N–H and O–H groups in total. The summed E-state index contributed by atoms with van der Waals surface area (Å²) in [5.74, 6) is 1.13. The van der Waals surface area contributed by atoms with Gasteiger partial charge in [0.25, 0.3) is 0 Å². The van der Waals surface area contributed by atoms with Crippen LogP contribution in [0.2, 0.25) is 0 Å². The van der Waals surface area contributed by atoms with Crippen molar-refractivity contribution >= 4 is 5.82 Å². The van der Waals surface area contributed by atoms with E-state index < -0.39 is 0 Å². The van der Waals surface area contributed by atoms with Crippen LogP contribution in [0, 0.1) is 12.7 Å². The van der Waals surface area contributed by atoms with E-state index >= 15 is 0 Å². The summed E-state index contributed by atoms with van der Waals surface area (Å²) in [5.41, 5.74) is 2.13. The first-order valence-electron chi connectivity index (χ1n) is 6.03. The SMILES string of the molecule is Cc1cc(N[C@@H]2C[C@H]2c2ccc(F)cc2)ncn1. The van der Waals surface area contributed by atoms with Gasteiger partial charge >= 0.3 is 0 Å². The quantitative estimate of drug-likeness (QED) is 0.900. The zero-order valence-electron chi connectivity index (χ0n) is 10.1. The molecule has 18 heavy (non-hydrogen) atoms. The number of aromatic nitrogens is 2. The van der Waals surface area contributed by atoms with E-state index in [-0.39, 0.29) is 5.82 Å². The lowest BCUT2D eigenvalue weighted by Gasteiger charge is -2.05. The molecule has 0 radical (unpaired) electrons. The van der Waals surface area contributed by atoms with Gasteiger partial charge in [0.1, 0.15) is 18.0 Å². The molecule has 1 aromatic carbocycles. The average Bonchev–Trinajstić information content (AvgIpc) is 3.09. The Hall–Kier alpha value is -1.97. The van der Waals surface area contributed by atoms with Crippen LogP contribution in [0.25, 0.3) is 0 Å². The third-order valence-electron chi connectivity index (χ3n) is 3.23. The van der Waals surface area contributed by atoms with Crippen LogP contribution in [0.3, 0.4) is 0 Å². The Morgan fingerprint density at radius 2 is 2.00 bits per heavy atom. The van der Waals surface area contributed by atoms with Crippen LogP contribution in [0.4, 0.5) is 10.2 Å². The number of nitrogens with zero attached hydrogens (tertiary/aromatic N) is 2. The molecule has 92 valence electrons. The summed E-state index contributed by atoms with van der Waals surface area (Å²) in [6, 6.07) is 9.06. The molecular weight excluding hydrogens is 229 g/mol. The Morgan fingerprint density at radius 1 is 1.22 bits per heavy atom. The lowest BCUT2D eigenvalue weighted by atomic mass is 10.1. The molecule has 0 bridgehead atoms. The van der Waals surface area contributed by atoms with Gasteiger partial charge in [-0.25, -0.2) is 14.4 Å². The zero-order valence-corrected chi connectivity index (χ0v) is 10.1. The molecule has 0 saturated heterocycles. The maximum atomic E-state index is 12.8. The summed E-state index contributed by atoms with van der Waals surface area (Å²) in [6.07, 6.45) is 2.63. The van der Waals surface area contributed by atoms with Crippen molar-refractivity contribution in [2.24, 2.45) is 0 Å². The second kappa shape index (κ2) is 4.37. The van der Waals surface area contributed by atoms with Gasteiger partial charge in [0, 0.05) is 23.7 Å². The second-order valence-electron chi connectivity index (χ2n) is 4.69. The predicted molar refractivity (Wildman–Crippen MR) is 67.9 cm³/mol. The molecule has 1 aliphatic carbocycles. The molecule has 0 spiro atoms. The van der Waals surface area contributed by atoms with E-state index in [1.54, 1.807) is 6.33 Å². The first-order valence-corrected chi connectivity index (χ1v) is 6.03. The Morgan fingerprint density at radius 3 is 2.72 bits per heavy atom. The van der Waals surface area contributed by atoms with Gasteiger partial charge in [-0.1, -0.05) is 12.1 Å². The van der Waals surface area contributed by atoms with Gasteiger partial charge in [0.05, 0.1) is 0 Å². The summed E-state index contributed by atoms with van der Waals surface area (Å²) in [7, 11) is 0. The highest BCUT2D eigenvalue weighted by molar-refractivity contribution is 5.41. The highest BCUT2D eigenvalue weighted by Gasteiger charge is 2.38. The first kappa shape index (κ1) is 11.1. The van der Waals surface area contributed by atoms with Crippen LogP contribution < -0.4 is 5.32 Å². The van der Waals surface area contributed by atoms with Gasteiger partial charge in [-0.05, 0) is 31.0 Å². The Balaban J connectivity index is 1.66. The first-order chi connectivity index (χ1) is 8.72. The van der Waals surface area contributed by atoms with Crippen LogP contribution in [0.15, 0.2) is 36.7 Å². The van der Waals surface area contributed by atoms with Crippen LogP contribution in [0.5, 0.6) is 0 Å². The van der Waals surface area contributed by atoms with Crippen LogP contribution in [-0.4, -0.2) is 16.0 Å². The molecule has 0 amide bonds. The number of anilines is 1.